The number of hydrazine groups is 1. The van der Waals surface area contributed by atoms with E-state index in [0.29, 0.717) is 22.2 Å². The van der Waals surface area contributed by atoms with Crippen LogP contribution in [-0.2, 0) is 4.79 Å². The molecular weight excluding hydrogens is 293 g/mol. The van der Waals surface area contributed by atoms with Gasteiger partial charge in [-0.05, 0) is 36.9 Å². The minimum atomic E-state index is -0.527. The second-order valence-corrected chi connectivity index (χ2v) is 5.28. The fourth-order valence-electron chi connectivity index (χ4n) is 1.80. The smallest absolute Gasteiger partial charge is 0.286 e. The van der Waals surface area contributed by atoms with E-state index in [-0.39, 0.29) is 11.7 Å². The lowest BCUT2D eigenvalue weighted by molar-refractivity contribution is -0.113. The lowest BCUT2D eigenvalue weighted by Crippen LogP contribution is -2.40. The third-order valence-electron chi connectivity index (χ3n) is 2.78. The van der Waals surface area contributed by atoms with Gasteiger partial charge >= 0.3 is 0 Å². The lowest BCUT2D eigenvalue weighted by atomic mass is 10.2. The number of thioether (sulfide) groups is 1. The van der Waals surface area contributed by atoms with Crippen LogP contribution in [0.4, 0.5) is 4.39 Å². The van der Waals surface area contributed by atoms with E-state index < -0.39 is 5.82 Å². The van der Waals surface area contributed by atoms with Crippen molar-refractivity contribution >= 4 is 28.9 Å². The second-order valence-electron chi connectivity index (χ2n) is 4.27. The summed E-state index contributed by atoms with van der Waals surface area (Å²) < 4.78 is 12.9. The average Bonchev–Trinajstić information content (AvgIpc) is 2.80. The van der Waals surface area contributed by atoms with Crippen LogP contribution in [0.25, 0.3) is 6.08 Å². The zero-order chi connectivity index (χ0) is 15.4. The van der Waals surface area contributed by atoms with Crippen molar-refractivity contribution < 1.29 is 14.3 Å². The van der Waals surface area contributed by atoms with Crippen molar-refractivity contribution in [3.8, 4) is 5.75 Å². The number of phenols is 1. The number of halogens is 1. The number of amides is 1. The summed E-state index contributed by atoms with van der Waals surface area (Å²) in [7, 11) is 0. The van der Waals surface area contributed by atoms with Gasteiger partial charge in [0.15, 0.2) is 5.17 Å². The summed E-state index contributed by atoms with van der Waals surface area (Å²) in [5.74, 6) is -1.10. The molecular formula is C14H16FN3O2S. The molecule has 1 amide bonds. The molecule has 1 aromatic rings. The average molecular weight is 309 g/mol. The molecule has 2 N–H and O–H groups in total. The molecule has 1 aliphatic heterocycles. The second kappa shape index (κ2) is 6.73. The zero-order valence-corrected chi connectivity index (χ0v) is 12.6. The molecule has 5 nitrogen and oxygen atoms in total. The van der Waals surface area contributed by atoms with Gasteiger partial charge < -0.3 is 5.11 Å². The highest BCUT2D eigenvalue weighted by molar-refractivity contribution is 8.18. The minimum Gasteiger partial charge on any atom is -0.507 e. The molecule has 0 aliphatic carbocycles. The van der Waals surface area contributed by atoms with Crippen LogP contribution >= 0.6 is 11.8 Å². The van der Waals surface area contributed by atoms with Crippen LogP contribution in [0, 0.1) is 5.82 Å². The molecule has 0 aromatic heterocycles. The van der Waals surface area contributed by atoms with E-state index in [9.17, 15) is 14.3 Å². The molecule has 0 saturated heterocycles. The fourth-order valence-corrected chi connectivity index (χ4v) is 2.75. The molecule has 0 radical (unpaired) electrons. The number of rotatable bonds is 4. The number of phenolic OH excluding ortho intramolecular Hbond substituents is 1. The maximum absolute atomic E-state index is 12.9. The summed E-state index contributed by atoms with van der Waals surface area (Å²) in [4.78, 5) is 16.3. The van der Waals surface area contributed by atoms with Crippen LogP contribution in [0.15, 0.2) is 28.1 Å². The SMILES string of the molecule is CCNN(CC)C1=NC(=O)/C(=C/c2ccc(F)cc2O)S1. The predicted molar refractivity (Wildman–Crippen MR) is 82.1 cm³/mol. The molecule has 0 atom stereocenters. The summed E-state index contributed by atoms with van der Waals surface area (Å²) in [6.45, 7) is 5.29. The van der Waals surface area contributed by atoms with Crippen molar-refractivity contribution in [2.45, 2.75) is 13.8 Å². The Balaban J connectivity index is 2.20. The van der Waals surface area contributed by atoms with E-state index in [4.69, 9.17) is 0 Å². The highest BCUT2D eigenvalue weighted by atomic mass is 32.2. The van der Waals surface area contributed by atoms with Crippen LogP contribution in [0.2, 0.25) is 0 Å². The number of aromatic hydroxyl groups is 1. The minimum absolute atomic E-state index is 0.205. The topological polar surface area (TPSA) is 64.9 Å². The summed E-state index contributed by atoms with van der Waals surface area (Å²) in [5.41, 5.74) is 3.49. The summed E-state index contributed by atoms with van der Waals surface area (Å²) in [5, 5.41) is 12.0. The van der Waals surface area contributed by atoms with E-state index in [1.807, 2.05) is 13.8 Å². The van der Waals surface area contributed by atoms with Crippen molar-refractivity contribution in [1.82, 2.24) is 10.4 Å². The van der Waals surface area contributed by atoms with Gasteiger partial charge in [-0.15, -0.1) is 0 Å². The van der Waals surface area contributed by atoms with Gasteiger partial charge in [0, 0.05) is 24.7 Å². The summed E-state index contributed by atoms with van der Waals surface area (Å²) in [6, 6.07) is 3.66. The Hall–Kier alpha value is -1.86. The molecule has 1 aromatic carbocycles. The van der Waals surface area contributed by atoms with E-state index in [2.05, 4.69) is 10.4 Å². The van der Waals surface area contributed by atoms with Crippen LogP contribution in [0.1, 0.15) is 19.4 Å². The monoisotopic (exact) mass is 309 g/mol. The molecule has 7 heteroatoms. The number of amidine groups is 1. The van der Waals surface area contributed by atoms with Gasteiger partial charge in [-0.25, -0.2) is 9.82 Å². The van der Waals surface area contributed by atoms with Gasteiger partial charge in [-0.2, -0.15) is 4.99 Å². The van der Waals surface area contributed by atoms with Crippen molar-refractivity contribution in [2.75, 3.05) is 13.1 Å². The predicted octanol–water partition coefficient (Wildman–Crippen LogP) is 2.35. The Morgan fingerprint density at radius 1 is 1.48 bits per heavy atom. The van der Waals surface area contributed by atoms with Gasteiger partial charge in [0.05, 0.1) is 4.91 Å². The highest BCUT2D eigenvalue weighted by Crippen LogP contribution is 2.31. The maximum atomic E-state index is 12.9. The van der Waals surface area contributed by atoms with Gasteiger partial charge in [0.25, 0.3) is 5.91 Å². The van der Waals surface area contributed by atoms with E-state index in [1.54, 1.807) is 5.01 Å². The first-order valence-electron chi connectivity index (χ1n) is 6.57. The Morgan fingerprint density at radius 2 is 2.24 bits per heavy atom. The van der Waals surface area contributed by atoms with Crippen LogP contribution in [-0.4, -0.2) is 34.3 Å². The third kappa shape index (κ3) is 3.62. The Morgan fingerprint density at radius 3 is 2.86 bits per heavy atom. The fraction of sp³-hybridized carbons (Fsp3) is 0.286. The summed E-state index contributed by atoms with van der Waals surface area (Å²) in [6.07, 6.45) is 1.51. The molecule has 0 unspecified atom stereocenters. The normalized spacial score (nSPS) is 16.4. The van der Waals surface area contributed by atoms with Crippen molar-refractivity contribution in [3.63, 3.8) is 0 Å². The molecule has 2 rings (SSSR count). The number of nitrogens with one attached hydrogen (secondary N) is 1. The first-order chi connectivity index (χ1) is 10.0. The number of aliphatic imine (C=N–C) groups is 1. The standard InChI is InChI=1S/C14H16FN3O2S/c1-3-16-18(4-2)14-17-13(20)12(21-14)7-9-5-6-10(15)8-11(9)19/h5-8,16,19H,3-4H2,1-2H3/b12-7-. The first kappa shape index (κ1) is 15.5. The molecule has 0 saturated carbocycles. The van der Waals surface area contributed by atoms with Crippen molar-refractivity contribution in [2.24, 2.45) is 4.99 Å². The number of hydrogen-bond acceptors (Lipinski definition) is 5. The molecule has 0 fully saturated rings. The Labute approximate surface area is 126 Å². The van der Waals surface area contributed by atoms with Gasteiger partial charge in [-0.3, -0.25) is 9.80 Å². The Bertz CT molecular complexity index is 616. The quantitative estimate of drug-likeness (QED) is 0.660. The molecule has 1 heterocycles. The molecule has 0 bridgehead atoms. The number of nitrogens with zero attached hydrogens (tertiary/aromatic N) is 2. The van der Waals surface area contributed by atoms with Crippen molar-refractivity contribution in [1.29, 1.82) is 0 Å². The lowest BCUT2D eigenvalue weighted by Gasteiger charge is -2.21. The molecule has 112 valence electrons. The van der Waals surface area contributed by atoms with Gasteiger partial charge in [0.2, 0.25) is 0 Å². The third-order valence-corrected chi connectivity index (χ3v) is 3.79. The zero-order valence-electron chi connectivity index (χ0n) is 11.8. The van der Waals surface area contributed by atoms with Gasteiger partial charge in [-0.1, -0.05) is 6.92 Å². The first-order valence-corrected chi connectivity index (χ1v) is 7.39. The molecule has 21 heavy (non-hydrogen) atoms. The van der Waals surface area contributed by atoms with E-state index in [1.165, 1.54) is 30.0 Å². The number of hydrogen-bond donors (Lipinski definition) is 2. The van der Waals surface area contributed by atoms with E-state index in [0.717, 1.165) is 12.6 Å². The van der Waals surface area contributed by atoms with Crippen molar-refractivity contribution in [3.05, 3.63) is 34.5 Å². The number of benzene rings is 1. The summed E-state index contributed by atoms with van der Waals surface area (Å²) >= 11 is 1.22. The van der Waals surface area contributed by atoms with Crippen LogP contribution in [0.3, 0.4) is 0 Å². The highest BCUT2D eigenvalue weighted by Gasteiger charge is 2.25. The molecule has 1 aliphatic rings. The van der Waals surface area contributed by atoms with Crippen LogP contribution in [0.5, 0.6) is 5.75 Å². The van der Waals surface area contributed by atoms with Gasteiger partial charge in [0.1, 0.15) is 11.6 Å². The maximum Gasteiger partial charge on any atom is 0.286 e. The van der Waals surface area contributed by atoms with Crippen LogP contribution < -0.4 is 5.43 Å². The Kier molecular flexibility index (Phi) is 4.98. The molecule has 0 spiro atoms. The largest absolute Gasteiger partial charge is 0.507 e. The van der Waals surface area contributed by atoms with E-state index >= 15 is 0 Å². The number of carbonyl (C=O) groups excluding carboxylic acids is 1. The number of carbonyl (C=O) groups is 1.